The smallest absolute Gasteiger partial charge is 0.0404 e. The van der Waals surface area contributed by atoms with E-state index >= 15 is 0 Å². The lowest BCUT2D eigenvalue weighted by Crippen LogP contribution is -2.36. The highest BCUT2D eigenvalue weighted by atomic mass is 28.3. The molecule has 1 atom stereocenters. The first-order chi connectivity index (χ1) is 8.72. The summed E-state index contributed by atoms with van der Waals surface area (Å²) < 4.78 is 0. The summed E-state index contributed by atoms with van der Waals surface area (Å²) in [4.78, 5) is 2.74. The van der Waals surface area contributed by atoms with Gasteiger partial charge in [-0.2, -0.15) is 0 Å². The largest absolute Gasteiger partial charge is 0.297 e. The molecule has 0 spiro atoms. The molecule has 1 unspecified atom stereocenters. The summed E-state index contributed by atoms with van der Waals surface area (Å²) in [5.74, 6) is 0. The summed E-state index contributed by atoms with van der Waals surface area (Å²) in [6.07, 6.45) is 8.11. The van der Waals surface area contributed by atoms with Gasteiger partial charge in [0.2, 0.25) is 0 Å². The molecule has 0 aromatic rings. The highest BCUT2D eigenvalue weighted by Crippen LogP contribution is 2.22. The van der Waals surface area contributed by atoms with E-state index in [1.165, 1.54) is 56.9 Å². The Bertz CT molecular complexity index is 237. The molecule has 1 heterocycles. The van der Waals surface area contributed by atoms with Crippen molar-refractivity contribution < 1.29 is 0 Å². The van der Waals surface area contributed by atoms with Crippen LogP contribution in [-0.4, -0.2) is 32.8 Å². The van der Waals surface area contributed by atoms with Gasteiger partial charge in [-0.3, -0.25) is 4.90 Å². The highest BCUT2D eigenvalue weighted by molar-refractivity contribution is 6.59. The molecule has 18 heavy (non-hydrogen) atoms. The van der Waals surface area contributed by atoms with Crippen molar-refractivity contribution in [3.8, 4) is 0 Å². The van der Waals surface area contributed by atoms with Gasteiger partial charge < -0.3 is 0 Å². The molecule has 1 aliphatic heterocycles. The molecule has 0 saturated carbocycles. The van der Waals surface area contributed by atoms with Crippen LogP contribution >= 0.6 is 0 Å². The second kappa shape index (κ2) is 8.92. The quantitative estimate of drug-likeness (QED) is 0.507. The van der Waals surface area contributed by atoms with E-state index in [2.05, 4.69) is 38.7 Å². The van der Waals surface area contributed by atoms with Crippen LogP contribution < -0.4 is 0 Å². The Labute approximate surface area is 116 Å². The van der Waals surface area contributed by atoms with E-state index in [-0.39, 0.29) is 0 Å². The van der Waals surface area contributed by atoms with Crippen LogP contribution in [0.4, 0.5) is 0 Å². The van der Waals surface area contributed by atoms with Gasteiger partial charge in [0.05, 0.1) is 0 Å². The molecule has 1 saturated heterocycles. The Morgan fingerprint density at radius 3 is 2.11 bits per heavy atom. The van der Waals surface area contributed by atoms with Gasteiger partial charge in [0.1, 0.15) is 0 Å². The molecular weight excluding hydrogens is 234 g/mol. The van der Waals surface area contributed by atoms with Gasteiger partial charge in [-0.15, -0.1) is 0 Å². The lowest BCUT2D eigenvalue weighted by atomic mass is 10.1. The predicted octanol–water partition coefficient (Wildman–Crippen LogP) is 4.46. The van der Waals surface area contributed by atoms with Crippen molar-refractivity contribution in [1.82, 2.24) is 4.90 Å². The Morgan fingerprint density at radius 2 is 1.67 bits per heavy atom. The van der Waals surface area contributed by atoms with E-state index in [0.29, 0.717) is 6.04 Å². The molecule has 0 aliphatic carbocycles. The summed E-state index contributed by atoms with van der Waals surface area (Å²) in [7, 11) is -0.484. The van der Waals surface area contributed by atoms with Gasteiger partial charge in [0.25, 0.3) is 0 Å². The minimum atomic E-state index is -0.484. The second-order valence-electron chi connectivity index (χ2n) is 5.88. The van der Waals surface area contributed by atoms with Crippen molar-refractivity contribution >= 4 is 8.80 Å². The molecule has 0 N–H and O–H groups in total. The van der Waals surface area contributed by atoms with E-state index in [1.807, 2.05) is 0 Å². The fraction of sp³-hybridized carbons (Fsp3) is 0.875. The monoisotopic (exact) mass is 267 g/mol. The third-order valence-electron chi connectivity index (χ3n) is 4.77. The van der Waals surface area contributed by atoms with E-state index in [0.717, 1.165) is 0 Å². The minimum Gasteiger partial charge on any atom is -0.297 e. The molecule has 0 bridgehead atoms. The first kappa shape index (κ1) is 16.0. The molecule has 2 heteroatoms. The number of hydrogen-bond acceptors (Lipinski definition) is 1. The molecule has 0 aromatic heterocycles. The van der Waals surface area contributed by atoms with Gasteiger partial charge in [0.15, 0.2) is 0 Å². The molecule has 1 fully saturated rings. The lowest BCUT2D eigenvalue weighted by molar-refractivity contribution is 0.242. The Morgan fingerprint density at radius 1 is 1.11 bits per heavy atom. The maximum atomic E-state index is 2.74. The van der Waals surface area contributed by atoms with Gasteiger partial charge in [-0.25, -0.2) is 0 Å². The molecule has 1 aliphatic rings. The zero-order valence-electron chi connectivity index (χ0n) is 13.0. The number of nitrogens with zero attached hydrogens (tertiary/aromatic N) is 1. The first-order valence-corrected chi connectivity index (χ1v) is 10.6. The predicted molar refractivity (Wildman–Crippen MR) is 86.2 cm³/mol. The van der Waals surface area contributed by atoms with Crippen molar-refractivity contribution in [2.24, 2.45) is 0 Å². The van der Waals surface area contributed by atoms with Crippen molar-refractivity contribution in [1.29, 1.82) is 0 Å². The van der Waals surface area contributed by atoms with Crippen LogP contribution in [-0.2, 0) is 0 Å². The van der Waals surface area contributed by atoms with E-state index in [4.69, 9.17) is 0 Å². The Hall–Kier alpha value is -0.0831. The normalized spacial score (nSPS) is 21.1. The van der Waals surface area contributed by atoms with Gasteiger partial charge >= 0.3 is 0 Å². The number of rotatable bonds is 6. The maximum Gasteiger partial charge on any atom is 0.0404 e. The van der Waals surface area contributed by atoms with Crippen LogP contribution in [0, 0.1) is 0 Å². The van der Waals surface area contributed by atoms with E-state index in [1.54, 1.807) is 5.57 Å². The SMILES string of the molecule is C/C=C(/C[SiH](CC)CC)C(C)N1CCCCCC1. The molecule has 1 nitrogen and oxygen atoms in total. The Balaban J connectivity index is 2.57. The van der Waals surface area contributed by atoms with Crippen LogP contribution in [0.3, 0.4) is 0 Å². The second-order valence-corrected chi connectivity index (χ2v) is 9.65. The fourth-order valence-corrected chi connectivity index (χ4v) is 5.56. The summed E-state index contributed by atoms with van der Waals surface area (Å²) in [6.45, 7) is 12.1. The van der Waals surface area contributed by atoms with Crippen LogP contribution in [0.2, 0.25) is 18.1 Å². The van der Waals surface area contributed by atoms with Crippen molar-refractivity contribution in [2.75, 3.05) is 13.1 Å². The van der Waals surface area contributed by atoms with Gasteiger partial charge in [-0.05, 0) is 45.8 Å². The summed E-state index contributed by atoms with van der Waals surface area (Å²) in [6, 6.07) is 5.06. The van der Waals surface area contributed by atoms with Gasteiger partial charge in [-0.1, -0.05) is 50.4 Å². The van der Waals surface area contributed by atoms with Crippen molar-refractivity contribution in [3.63, 3.8) is 0 Å². The van der Waals surface area contributed by atoms with E-state index < -0.39 is 8.80 Å². The van der Waals surface area contributed by atoms with Crippen LogP contribution in [0.1, 0.15) is 53.4 Å². The molecule has 0 radical (unpaired) electrons. The third-order valence-corrected chi connectivity index (χ3v) is 8.13. The molecule has 0 amide bonds. The number of hydrogen-bond donors (Lipinski definition) is 0. The van der Waals surface area contributed by atoms with Gasteiger partial charge in [0, 0.05) is 14.8 Å². The van der Waals surface area contributed by atoms with Crippen molar-refractivity contribution in [3.05, 3.63) is 11.6 Å². The summed E-state index contributed by atoms with van der Waals surface area (Å²) in [5, 5.41) is 0. The molecule has 1 rings (SSSR count). The van der Waals surface area contributed by atoms with Crippen LogP contribution in [0.15, 0.2) is 11.6 Å². The average molecular weight is 268 g/mol. The molecule has 106 valence electrons. The molecular formula is C16H33NSi. The van der Waals surface area contributed by atoms with Crippen LogP contribution in [0.5, 0.6) is 0 Å². The van der Waals surface area contributed by atoms with Crippen LogP contribution in [0.25, 0.3) is 0 Å². The molecule has 0 aromatic carbocycles. The summed E-state index contributed by atoms with van der Waals surface area (Å²) >= 11 is 0. The van der Waals surface area contributed by atoms with Crippen molar-refractivity contribution in [2.45, 2.75) is 77.6 Å². The minimum absolute atomic E-state index is 0.484. The third kappa shape index (κ3) is 4.89. The Kier molecular flexibility index (Phi) is 7.92. The zero-order valence-corrected chi connectivity index (χ0v) is 14.2. The zero-order chi connectivity index (χ0) is 13.4. The summed E-state index contributed by atoms with van der Waals surface area (Å²) in [5.41, 5.74) is 1.73. The number of likely N-dealkylation sites (tertiary alicyclic amines) is 1. The van der Waals surface area contributed by atoms with E-state index in [9.17, 15) is 0 Å². The maximum absolute atomic E-state index is 2.74. The lowest BCUT2D eigenvalue weighted by Gasteiger charge is -2.31. The average Bonchev–Trinajstić information content (AvgIpc) is 2.68. The number of allylic oxidation sites excluding steroid dienone is 1. The highest BCUT2D eigenvalue weighted by Gasteiger charge is 2.20. The fourth-order valence-electron chi connectivity index (χ4n) is 3.16. The first-order valence-electron chi connectivity index (χ1n) is 8.12. The topological polar surface area (TPSA) is 3.24 Å². The standard InChI is InChI=1S/C16H33NSi/c1-5-16(14-18(6-2)7-3)15(4)17-12-10-8-9-11-13-17/h5,15,18H,6-14H2,1-4H3/b16-5-.